The number of likely N-dealkylation sites (tertiary alicyclic amines) is 1. The van der Waals surface area contributed by atoms with Crippen LogP contribution in [-0.4, -0.2) is 29.4 Å². The van der Waals surface area contributed by atoms with Crippen molar-refractivity contribution in [2.24, 2.45) is 11.7 Å². The van der Waals surface area contributed by atoms with Crippen LogP contribution in [0.4, 0.5) is 0 Å². The molecule has 2 N–H and O–H groups in total. The van der Waals surface area contributed by atoms with Gasteiger partial charge in [0, 0.05) is 25.0 Å². The zero-order chi connectivity index (χ0) is 10.1. The van der Waals surface area contributed by atoms with Gasteiger partial charge < -0.3 is 10.6 Å². The molecule has 0 bridgehead atoms. The largest absolute Gasteiger partial charge is 0.338 e. The molecule has 80 valence electrons. The second-order valence-corrected chi connectivity index (χ2v) is 4.92. The van der Waals surface area contributed by atoms with E-state index >= 15 is 0 Å². The van der Waals surface area contributed by atoms with Gasteiger partial charge in [0.1, 0.15) is 0 Å². The van der Waals surface area contributed by atoms with E-state index in [1.54, 1.807) is 0 Å². The summed E-state index contributed by atoms with van der Waals surface area (Å²) in [6, 6.07) is 0.578. The molecule has 1 aliphatic heterocycles. The lowest BCUT2D eigenvalue weighted by Crippen LogP contribution is -2.39. The van der Waals surface area contributed by atoms with Crippen LogP contribution in [0.15, 0.2) is 0 Å². The first-order valence-corrected chi connectivity index (χ1v) is 5.72. The molecule has 1 amide bonds. The van der Waals surface area contributed by atoms with Crippen LogP contribution in [-0.2, 0) is 4.79 Å². The summed E-state index contributed by atoms with van der Waals surface area (Å²) in [6.07, 6.45) is 5.46. The topological polar surface area (TPSA) is 46.3 Å². The van der Waals surface area contributed by atoms with Crippen LogP contribution in [0, 0.1) is 5.92 Å². The number of hydrogen-bond acceptors (Lipinski definition) is 2. The van der Waals surface area contributed by atoms with Crippen LogP contribution < -0.4 is 5.73 Å². The minimum atomic E-state index is 0.0850. The van der Waals surface area contributed by atoms with Crippen molar-refractivity contribution in [2.75, 3.05) is 6.54 Å². The van der Waals surface area contributed by atoms with E-state index in [4.69, 9.17) is 5.73 Å². The lowest BCUT2D eigenvalue weighted by Gasteiger charge is -2.33. The van der Waals surface area contributed by atoms with Gasteiger partial charge in [0.05, 0.1) is 0 Å². The van der Waals surface area contributed by atoms with Gasteiger partial charge >= 0.3 is 0 Å². The van der Waals surface area contributed by atoms with E-state index < -0.39 is 0 Å². The van der Waals surface area contributed by atoms with E-state index in [0.29, 0.717) is 12.5 Å². The molecule has 1 atom stereocenters. The van der Waals surface area contributed by atoms with Gasteiger partial charge in [-0.1, -0.05) is 6.92 Å². The Kier molecular flexibility index (Phi) is 2.77. The normalized spacial score (nSPS) is 39.1. The maximum absolute atomic E-state index is 11.6. The summed E-state index contributed by atoms with van der Waals surface area (Å²) in [5.41, 5.74) is 5.79. The summed E-state index contributed by atoms with van der Waals surface area (Å²) in [6.45, 7) is 3.09. The van der Waals surface area contributed by atoms with E-state index in [1.807, 2.05) is 4.90 Å². The number of rotatable bonds is 1. The van der Waals surface area contributed by atoms with Gasteiger partial charge in [0.15, 0.2) is 0 Å². The van der Waals surface area contributed by atoms with Crippen LogP contribution in [0.1, 0.15) is 39.0 Å². The van der Waals surface area contributed by atoms with Crippen molar-refractivity contribution in [3.63, 3.8) is 0 Å². The van der Waals surface area contributed by atoms with Crippen molar-refractivity contribution < 1.29 is 4.79 Å². The number of amides is 1. The summed E-state index contributed by atoms with van der Waals surface area (Å²) in [4.78, 5) is 13.6. The summed E-state index contributed by atoms with van der Waals surface area (Å²) in [5.74, 6) is 1.12. The van der Waals surface area contributed by atoms with Crippen LogP contribution >= 0.6 is 0 Å². The van der Waals surface area contributed by atoms with E-state index in [0.717, 1.165) is 12.5 Å². The van der Waals surface area contributed by atoms with Gasteiger partial charge in [0.25, 0.3) is 0 Å². The van der Waals surface area contributed by atoms with Crippen molar-refractivity contribution in [1.82, 2.24) is 4.90 Å². The fourth-order valence-corrected chi connectivity index (χ4v) is 2.67. The Balaban J connectivity index is 1.92. The summed E-state index contributed by atoms with van der Waals surface area (Å²) >= 11 is 0. The highest BCUT2D eigenvalue weighted by molar-refractivity contribution is 5.79. The molecule has 0 radical (unpaired) electrons. The molecule has 1 saturated heterocycles. The quantitative estimate of drug-likeness (QED) is 0.683. The molecule has 0 aromatic rings. The lowest BCUT2D eigenvalue weighted by molar-refractivity contribution is -0.130. The second kappa shape index (κ2) is 3.89. The molecule has 2 aliphatic rings. The molecule has 1 heterocycles. The fraction of sp³-hybridized carbons (Fsp3) is 0.909. The van der Waals surface area contributed by atoms with Gasteiger partial charge in [-0.15, -0.1) is 0 Å². The Morgan fingerprint density at radius 2 is 1.93 bits per heavy atom. The Bertz CT molecular complexity index is 221. The maximum Gasteiger partial charge on any atom is 0.224 e. The number of hydrogen-bond donors (Lipinski definition) is 1. The highest BCUT2D eigenvalue weighted by Crippen LogP contribution is 2.29. The molecule has 0 aromatic heterocycles. The Morgan fingerprint density at radius 3 is 2.43 bits per heavy atom. The predicted molar refractivity (Wildman–Crippen MR) is 55.7 cm³/mol. The molecular formula is C11H20N2O. The SMILES string of the molecule is CC1CCC(N2CC(N)CC2=O)CC1. The van der Waals surface area contributed by atoms with Crippen molar-refractivity contribution >= 4 is 5.91 Å². The molecule has 1 saturated carbocycles. The van der Waals surface area contributed by atoms with Crippen LogP contribution in [0.25, 0.3) is 0 Å². The highest BCUT2D eigenvalue weighted by atomic mass is 16.2. The van der Waals surface area contributed by atoms with Gasteiger partial charge in [-0.25, -0.2) is 0 Å². The number of carbonyl (C=O) groups is 1. The Labute approximate surface area is 85.6 Å². The number of nitrogens with two attached hydrogens (primary N) is 1. The molecular weight excluding hydrogens is 176 g/mol. The molecule has 0 aromatic carbocycles. The Hall–Kier alpha value is -0.570. The predicted octanol–water partition coefficient (Wildman–Crippen LogP) is 1.12. The van der Waals surface area contributed by atoms with E-state index in [2.05, 4.69) is 6.92 Å². The minimum absolute atomic E-state index is 0.0850. The van der Waals surface area contributed by atoms with Gasteiger partial charge in [-0.2, -0.15) is 0 Å². The third kappa shape index (κ3) is 1.92. The third-order valence-electron chi connectivity index (χ3n) is 3.61. The zero-order valence-corrected chi connectivity index (χ0v) is 8.91. The van der Waals surface area contributed by atoms with Crippen molar-refractivity contribution in [1.29, 1.82) is 0 Å². The molecule has 1 unspecified atom stereocenters. The average Bonchev–Trinajstić information content (AvgIpc) is 2.47. The maximum atomic E-state index is 11.6. The summed E-state index contributed by atoms with van der Waals surface area (Å²) < 4.78 is 0. The van der Waals surface area contributed by atoms with E-state index in [9.17, 15) is 4.79 Å². The molecule has 2 rings (SSSR count). The first-order chi connectivity index (χ1) is 6.66. The average molecular weight is 196 g/mol. The highest BCUT2D eigenvalue weighted by Gasteiger charge is 2.33. The monoisotopic (exact) mass is 196 g/mol. The first-order valence-electron chi connectivity index (χ1n) is 5.72. The van der Waals surface area contributed by atoms with Gasteiger partial charge in [-0.05, 0) is 31.6 Å². The van der Waals surface area contributed by atoms with Crippen LogP contribution in [0.3, 0.4) is 0 Å². The van der Waals surface area contributed by atoms with Gasteiger partial charge in [0.2, 0.25) is 5.91 Å². The Morgan fingerprint density at radius 1 is 1.29 bits per heavy atom. The van der Waals surface area contributed by atoms with Crippen molar-refractivity contribution in [2.45, 2.75) is 51.1 Å². The van der Waals surface area contributed by atoms with Gasteiger partial charge in [-0.3, -0.25) is 4.79 Å². The van der Waals surface area contributed by atoms with Crippen molar-refractivity contribution in [3.8, 4) is 0 Å². The minimum Gasteiger partial charge on any atom is -0.338 e. The van der Waals surface area contributed by atoms with E-state index in [1.165, 1.54) is 25.7 Å². The van der Waals surface area contributed by atoms with Crippen molar-refractivity contribution in [3.05, 3.63) is 0 Å². The first kappa shape index (κ1) is 9.97. The fourth-order valence-electron chi connectivity index (χ4n) is 2.67. The molecule has 14 heavy (non-hydrogen) atoms. The lowest BCUT2D eigenvalue weighted by atomic mass is 9.87. The summed E-state index contributed by atoms with van der Waals surface area (Å²) in [7, 11) is 0. The standard InChI is InChI=1S/C11H20N2O/c1-8-2-4-10(5-3-8)13-7-9(12)6-11(13)14/h8-10H,2-7,12H2,1H3. The molecule has 0 spiro atoms. The third-order valence-corrected chi connectivity index (χ3v) is 3.61. The molecule has 1 aliphatic carbocycles. The molecule has 3 heteroatoms. The van der Waals surface area contributed by atoms with E-state index in [-0.39, 0.29) is 11.9 Å². The number of carbonyl (C=O) groups excluding carboxylic acids is 1. The molecule has 3 nitrogen and oxygen atoms in total. The smallest absolute Gasteiger partial charge is 0.224 e. The second-order valence-electron chi connectivity index (χ2n) is 4.92. The van der Waals surface area contributed by atoms with Crippen LogP contribution in [0.2, 0.25) is 0 Å². The molecule has 2 fully saturated rings. The van der Waals surface area contributed by atoms with Crippen LogP contribution in [0.5, 0.6) is 0 Å². The summed E-state index contributed by atoms with van der Waals surface area (Å²) in [5, 5.41) is 0. The zero-order valence-electron chi connectivity index (χ0n) is 8.91. The number of nitrogens with zero attached hydrogens (tertiary/aromatic N) is 1.